The van der Waals surface area contributed by atoms with Gasteiger partial charge in [0.15, 0.2) is 0 Å². The molecule has 1 rings (SSSR count). The molecule has 1 unspecified atom stereocenters. The predicted molar refractivity (Wildman–Crippen MR) is 66.5 cm³/mol. The van der Waals surface area contributed by atoms with Crippen LogP contribution in [0.15, 0.2) is 18.2 Å². The number of rotatable bonds is 5. The number of benzene rings is 1. The number of phenols is 1. The number of aliphatic carboxylic acids is 1. The lowest BCUT2D eigenvalue weighted by molar-refractivity contribution is -0.138. The first-order valence-electron chi connectivity index (χ1n) is 5.88. The molecule has 1 amide bonds. The minimum Gasteiger partial charge on any atom is -0.507 e. The van der Waals surface area contributed by atoms with E-state index in [0.29, 0.717) is 0 Å². The average Bonchev–Trinajstić information content (AvgIpc) is 2.28. The average molecular weight is 269 g/mol. The number of hydrogen-bond acceptors (Lipinski definition) is 3. The van der Waals surface area contributed by atoms with Crippen LogP contribution in [0.1, 0.15) is 30.6 Å². The molecule has 0 heterocycles. The van der Waals surface area contributed by atoms with Gasteiger partial charge in [0.1, 0.15) is 17.1 Å². The molecule has 19 heavy (non-hydrogen) atoms. The molecule has 0 spiro atoms. The van der Waals surface area contributed by atoms with Crippen LogP contribution in [0, 0.1) is 5.82 Å². The number of aromatic hydroxyl groups is 1. The summed E-state index contributed by atoms with van der Waals surface area (Å²) in [5.74, 6) is -3.04. The van der Waals surface area contributed by atoms with Crippen LogP contribution >= 0.6 is 0 Å². The molecule has 0 aromatic heterocycles. The van der Waals surface area contributed by atoms with Crippen molar-refractivity contribution in [3.8, 4) is 5.75 Å². The third-order valence-electron chi connectivity index (χ3n) is 2.81. The Balaban J connectivity index is 3.05. The third kappa shape index (κ3) is 3.43. The summed E-state index contributed by atoms with van der Waals surface area (Å²) in [6, 6.07) is 2.99. The van der Waals surface area contributed by atoms with Crippen molar-refractivity contribution in [1.29, 1.82) is 0 Å². The van der Waals surface area contributed by atoms with Crippen LogP contribution in [0.2, 0.25) is 0 Å². The van der Waals surface area contributed by atoms with Gasteiger partial charge in [-0.3, -0.25) is 9.59 Å². The topological polar surface area (TPSA) is 77.8 Å². The van der Waals surface area contributed by atoms with Crippen molar-refractivity contribution >= 4 is 11.9 Å². The minimum absolute atomic E-state index is 0.223. The number of hydrogen-bond donors (Lipinski definition) is 2. The van der Waals surface area contributed by atoms with Gasteiger partial charge in [-0.05, 0) is 26.0 Å². The number of amides is 1. The van der Waals surface area contributed by atoms with Gasteiger partial charge in [0.05, 0.1) is 6.42 Å². The van der Waals surface area contributed by atoms with Crippen molar-refractivity contribution in [3.05, 3.63) is 29.6 Å². The quantitative estimate of drug-likeness (QED) is 0.855. The highest BCUT2D eigenvalue weighted by atomic mass is 19.1. The Morgan fingerprint density at radius 3 is 2.53 bits per heavy atom. The van der Waals surface area contributed by atoms with E-state index in [9.17, 15) is 19.1 Å². The molecule has 0 aliphatic carbocycles. The lowest BCUT2D eigenvalue weighted by atomic mass is 10.1. The SMILES string of the molecule is CCN(C(=O)c1c(O)cccc1F)C(C)CC(=O)O. The van der Waals surface area contributed by atoms with Crippen molar-refractivity contribution < 1.29 is 24.2 Å². The fourth-order valence-corrected chi connectivity index (χ4v) is 1.89. The number of carbonyl (C=O) groups is 2. The molecule has 5 nitrogen and oxygen atoms in total. The summed E-state index contributed by atoms with van der Waals surface area (Å²) in [7, 11) is 0. The van der Waals surface area contributed by atoms with Gasteiger partial charge in [0.25, 0.3) is 5.91 Å². The van der Waals surface area contributed by atoms with Gasteiger partial charge in [-0.1, -0.05) is 6.07 Å². The molecule has 1 aromatic rings. The van der Waals surface area contributed by atoms with Crippen molar-refractivity contribution in [1.82, 2.24) is 4.90 Å². The van der Waals surface area contributed by atoms with Crippen LogP contribution in [0.25, 0.3) is 0 Å². The first-order chi connectivity index (χ1) is 8.88. The van der Waals surface area contributed by atoms with Crippen LogP contribution in [0.4, 0.5) is 4.39 Å². The van der Waals surface area contributed by atoms with Crippen molar-refractivity contribution in [2.24, 2.45) is 0 Å². The highest BCUT2D eigenvalue weighted by Crippen LogP contribution is 2.23. The molecule has 2 N–H and O–H groups in total. The molecule has 1 atom stereocenters. The summed E-state index contributed by atoms with van der Waals surface area (Å²) in [5, 5.41) is 18.3. The van der Waals surface area contributed by atoms with Gasteiger partial charge in [-0.2, -0.15) is 0 Å². The largest absolute Gasteiger partial charge is 0.507 e. The number of phenolic OH excluding ortho intramolecular Hbond substituents is 1. The third-order valence-corrected chi connectivity index (χ3v) is 2.81. The van der Waals surface area contributed by atoms with E-state index in [1.54, 1.807) is 13.8 Å². The van der Waals surface area contributed by atoms with E-state index in [2.05, 4.69) is 0 Å². The molecule has 0 saturated heterocycles. The van der Waals surface area contributed by atoms with E-state index in [4.69, 9.17) is 5.11 Å². The Bertz CT molecular complexity index is 469. The second-order valence-corrected chi connectivity index (χ2v) is 4.17. The highest BCUT2D eigenvalue weighted by molar-refractivity contribution is 5.97. The Labute approximate surface area is 110 Å². The van der Waals surface area contributed by atoms with Crippen molar-refractivity contribution in [2.45, 2.75) is 26.3 Å². The van der Waals surface area contributed by atoms with Gasteiger partial charge >= 0.3 is 5.97 Å². The second kappa shape index (κ2) is 6.17. The summed E-state index contributed by atoms with van der Waals surface area (Å²) >= 11 is 0. The van der Waals surface area contributed by atoms with Gasteiger partial charge in [-0.15, -0.1) is 0 Å². The summed E-state index contributed by atoms with van der Waals surface area (Å²) in [5.41, 5.74) is -0.429. The van der Waals surface area contributed by atoms with Crippen molar-refractivity contribution in [2.75, 3.05) is 6.54 Å². The maximum absolute atomic E-state index is 13.6. The highest BCUT2D eigenvalue weighted by Gasteiger charge is 2.26. The zero-order valence-electron chi connectivity index (χ0n) is 10.8. The molecule has 0 aliphatic rings. The van der Waals surface area contributed by atoms with Crippen LogP contribution in [-0.4, -0.2) is 39.6 Å². The molecule has 104 valence electrons. The van der Waals surface area contributed by atoms with Crippen LogP contribution in [-0.2, 0) is 4.79 Å². The van der Waals surface area contributed by atoms with Gasteiger partial charge < -0.3 is 15.1 Å². The predicted octanol–water partition coefficient (Wildman–Crippen LogP) is 1.86. The second-order valence-electron chi connectivity index (χ2n) is 4.17. The van der Waals surface area contributed by atoms with E-state index >= 15 is 0 Å². The zero-order valence-corrected chi connectivity index (χ0v) is 10.8. The maximum Gasteiger partial charge on any atom is 0.305 e. The Morgan fingerprint density at radius 1 is 1.42 bits per heavy atom. The van der Waals surface area contributed by atoms with Gasteiger partial charge in [0, 0.05) is 12.6 Å². The molecule has 0 aliphatic heterocycles. The molecular formula is C13H16FNO4. The summed E-state index contributed by atoms with van der Waals surface area (Å²) < 4.78 is 13.6. The van der Waals surface area contributed by atoms with Crippen molar-refractivity contribution in [3.63, 3.8) is 0 Å². The van der Waals surface area contributed by atoms with E-state index in [-0.39, 0.29) is 13.0 Å². The first kappa shape index (κ1) is 14.9. The molecule has 6 heteroatoms. The fourth-order valence-electron chi connectivity index (χ4n) is 1.89. The number of carbonyl (C=O) groups excluding carboxylic acids is 1. The Morgan fingerprint density at radius 2 is 2.05 bits per heavy atom. The lowest BCUT2D eigenvalue weighted by Crippen LogP contribution is -2.40. The molecule has 0 saturated carbocycles. The number of nitrogens with zero attached hydrogens (tertiary/aromatic N) is 1. The molecule has 0 radical (unpaired) electrons. The number of carboxylic acids is 1. The molecule has 0 bridgehead atoms. The van der Waals surface area contributed by atoms with Crippen LogP contribution in [0.3, 0.4) is 0 Å². The fraction of sp³-hybridized carbons (Fsp3) is 0.385. The molecule has 0 fully saturated rings. The minimum atomic E-state index is -1.04. The monoisotopic (exact) mass is 269 g/mol. The molecule has 1 aromatic carbocycles. The van der Waals surface area contributed by atoms with E-state index in [0.717, 1.165) is 6.07 Å². The summed E-state index contributed by atoms with van der Waals surface area (Å²) in [4.78, 5) is 24.0. The zero-order chi connectivity index (χ0) is 14.6. The maximum atomic E-state index is 13.6. The summed E-state index contributed by atoms with van der Waals surface area (Å²) in [6.07, 6.45) is -0.241. The lowest BCUT2D eigenvalue weighted by Gasteiger charge is -2.27. The Kier molecular flexibility index (Phi) is 4.86. The smallest absolute Gasteiger partial charge is 0.305 e. The summed E-state index contributed by atoms with van der Waals surface area (Å²) in [6.45, 7) is 3.45. The van der Waals surface area contributed by atoms with Crippen LogP contribution in [0.5, 0.6) is 5.75 Å². The van der Waals surface area contributed by atoms with E-state index in [1.165, 1.54) is 17.0 Å². The number of halogens is 1. The van der Waals surface area contributed by atoms with E-state index in [1.807, 2.05) is 0 Å². The standard InChI is InChI=1S/C13H16FNO4/c1-3-15(8(2)7-11(17)18)13(19)12-9(14)5-4-6-10(12)16/h4-6,8,16H,3,7H2,1-2H3,(H,17,18). The van der Waals surface area contributed by atoms with E-state index < -0.39 is 35.0 Å². The van der Waals surface area contributed by atoms with Gasteiger partial charge in [0.2, 0.25) is 0 Å². The Hall–Kier alpha value is -2.11. The first-order valence-corrected chi connectivity index (χ1v) is 5.88. The molecular weight excluding hydrogens is 253 g/mol. The number of carboxylic acid groups (broad SMARTS) is 1. The van der Waals surface area contributed by atoms with Crippen LogP contribution < -0.4 is 0 Å². The normalized spacial score (nSPS) is 11.9. The van der Waals surface area contributed by atoms with Gasteiger partial charge in [-0.25, -0.2) is 4.39 Å².